The first-order valence-electron chi connectivity index (χ1n) is 5.42. The Balaban J connectivity index is 2.22. The second-order valence-corrected chi connectivity index (χ2v) is 4.01. The number of aromatic nitrogens is 4. The van der Waals surface area contributed by atoms with Gasteiger partial charge < -0.3 is 5.32 Å². The highest BCUT2D eigenvalue weighted by molar-refractivity contribution is 6.32. The normalized spacial score (nSPS) is 10.4. The summed E-state index contributed by atoms with van der Waals surface area (Å²) in [5, 5.41) is 6.96. The summed E-state index contributed by atoms with van der Waals surface area (Å²) in [5.41, 5.74) is 1.31. The molecule has 0 spiro atoms. The fourth-order valence-corrected chi connectivity index (χ4v) is 1.64. The Hall–Kier alpha value is -1.95. The monoisotopic (exact) mass is 265 g/mol. The Labute approximate surface area is 109 Å². The summed E-state index contributed by atoms with van der Waals surface area (Å²) in [5.74, 6) is -0.0736. The molecular weight excluding hydrogens is 254 g/mol. The first kappa shape index (κ1) is 12.5. The van der Waals surface area contributed by atoms with Gasteiger partial charge in [-0.25, -0.2) is 9.97 Å². The molecule has 0 atom stereocenters. The van der Waals surface area contributed by atoms with E-state index >= 15 is 0 Å². The Morgan fingerprint density at radius 2 is 2.17 bits per heavy atom. The molecule has 7 heteroatoms. The van der Waals surface area contributed by atoms with Crippen molar-refractivity contribution < 1.29 is 4.79 Å². The lowest BCUT2D eigenvalue weighted by Crippen LogP contribution is -2.17. The van der Waals surface area contributed by atoms with Crippen LogP contribution < -0.4 is 5.32 Å². The van der Waals surface area contributed by atoms with Crippen molar-refractivity contribution in [2.75, 3.05) is 5.32 Å². The van der Waals surface area contributed by atoms with Crippen molar-refractivity contribution in [2.45, 2.75) is 13.3 Å². The molecule has 94 valence electrons. The van der Waals surface area contributed by atoms with E-state index in [2.05, 4.69) is 20.4 Å². The highest BCUT2D eigenvalue weighted by Crippen LogP contribution is 2.15. The standard InChI is InChI=1S/C11H12ClN5O/c1-3-7-6-8(17(2)16-7)11(18)15-10-9(12)13-4-5-14-10/h4-6H,3H2,1-2H3,(H,14,15,18). The Kier molecular flexibility index (Phi) is 3.57. The van der Waals surface area contributed by atoms with Crippen LogP contribution in [0.3, 0.4) is 0 Å². The third kappa shape index (κ3) is 2.48. The summed E-state index contributed by atoms with van der Waals surface area (Å²) in [6.45, 7) is 1.98. The molecule has 1 amide bonds. The SMILES string of the molecule is CCc1cc(C(=O)Nc2nccnc2Cl)n(C)n1. The van der Waals surface area contributed by atoms with Gasteiger partial charge in [-0.05, 0) is 12.5 Å². The lowest BCUT2D eigenvalue weighted by Gasteiger charge is -2.04. The lowest BCUT2D eigenvalue weighted by molar-refractivity contribution is 0.101. The summed E-state index contributed by atoms with van der Waals surface area (Å²) in [6.07, 6.45) is 3.69. The average molecular weight is 266 g/mol. The zero-order chi connectivity index (χ0) is 13.1. The molecule has 0 aliphatic heterocycles. The summed E-state index contributed by atoms with van der Waals surface area (Å²) in [7, 11) is 1.71. The van der Waals surface area contributed by atoms with Gasteiger partial charge in [-0.2, -0.15) is 5.10 Å². The first-order chi connectivity index (χ1) is 8.61. The number of nitrogens with one attached hydrogen (secondary N) is 1. The fourth-order valence-electron chi connectivity index (χ4n) is 1.49. The van der Waals surface area contributed by atoms with Crippen LogP contribution in [0.15, 0.2) is 18.5 Å². The predicted octanol–water partition coefficient (Wildman–Crippen LogP) is 1.68. The summed E-state index contributed by atoms with van der Waals surface area (Å²) in [6, 6.07) is 1.74. The van der Waals surface area contributed by atoms with Gasteiger partial charge in [0.15, 0.2) is 11.0 Å². The average Bonchev–Trinajstić information content (AvgIpc) is 2.73. The van der Waals surface area contributed by atoms with Gasteiger partial charge in [0.25, 0.3) is 5.91 Å². The van der Waals surface area contributed by atoms with Crippen molar-refractivity contribution in [3.63, 3.8) is 0 Å². The minimum atomic E-state index is -0.313. The Morgan fingerprint density at radius 3 is 2.78 bits per heavy atom. The minimum Gasteiger partial charge on any atom is -0.303 e. The maximum atomic E-state index is 12.0. The largest absolute Gasteiger partial charge is 0.303 e. The van der Waals surface area contributed by atoms with Crippen molar-refractivity contribution in [1.82, 2.24) is 19.7 Å². The number of rotatable bonds is 3. The van der Waals surface area contributed by atoms with Gasteiger partial charge in [-0.15, -0.1) is 0 Å². The van der Waals surface area contributed by atoms with Crippen LogP contribution in [-0.2, 0) is 13.5 Å². The third-order valence-electron chi connectivity index (χ3n) is 2.41. The second-order valence-electron chi connectivity index (χ2n) is 3.65. The zero-order valence-corrected chi connectivity index (χ0v) is 10.8. The van der Waals surface area contributed by atoms with Gasteiger partial charge in [-0.1, -0.05) is 18.5 Å². The molecule has 0 unspecified atom stereocenters. The number of amides is 1. The summed E-state index contributed by atoms with van der Waals surface area (Å²) in [4.78, 5) is 19.8. The van der Waals surface area contributed by atoms with Gasteiger partial charge >= 0.3 is 0 Å². The molecule has 2 rings (SSSR count). The molecule has 6 nitrogen and oxygen atoms in total. The molecule has 0 aromatic carbocycles. The van der Waals surface area contributed by atoms with E-state index in [0.717, 1.165) is 12.1 Å². The van der Waals surface area contributed by atoms with E-state index < -0.39 is 0 Å². The molecule has 18 heavy (non-hydrogen) atoms. The number of hydrogen-bond acceptors (Lipinski definition) is 4. The number of carbonyl (C=O) groups excluding carboxylic acids is 1. The van der Waals surface area contributed by atoms with E-state index in [1.165, 1.54) is 17.1 Å². The van der Waals surface area contributed by atoms with Crippen molar-refractivity contribution >= 4 is 23.3 Å². The molecule has 0 aliphatic rings. The summed E-state index contributed by atoms with van der Waals surface area (Å²) >= 11 is 5.82. The van der Waals surface area contributed by atoms with Crippen LogP contribution in [0.1, 0.15) is 23.1 Å². The molecular formula is C11H12ClN5O. The van der Waals surface area contributed by atoms with Gasteiger partial charge in [0.05, 0.1) is 5.69 Å². The maximum Gasteiger partial charge on any atom is 0.275 e. The molecule has 0 fully saturated rings. The lowest BCUT2D eigenvalue weighted by atomic mass is 10.3. The van der Waals surface area contributed by atoms with Crippen LogP contribution in [0, 0.1) is 0 Å². The van der Waals surface area contributed by atoms with Crippen molar-refractivity contribution in [1.29, 1.82) is 0 Å². The number of halogens is 1. The van der Waals surface area contributed by atoms with Gasteiger partial charge in [-0.3, -0.25) is 9.48 Å². The number of nitrogens with zero attached hydrogens (tertiary/aromatic N) is 4. The van der Waals surface area contributed by atoms with E-state index in [1.54, 1.807) is 13.1 Å². The van der Waals surface area contributed by atoms with E-state index in [-0.39, 0.29) is 16.9 Å². The highest BCUT2D eigenvalue weighted by atomic mass is 35.5. The molecule has 0 saturated heterocycles. The van der Waals surface area contributed by atoms with Crippen LogP contribution in [0.25, 0.3) is 0 Å². The number of hydrogen-bond donors (Lipinski definition) is 1. The Bertz CT molecular complexity index is 581. The van der Waals surface area contributed by atoms with Gasteiger partial charge in [0, 0.05) is 19.4 Å². The number of carbonyl (C=O) groups is 1. The van der Waals surface area contributed by atoms with Crippen LogP contribution in [0.2, 0.25) is 5.15 Å². The molecule has 0 radical (unpaired) electrons. The quantitative estimate of drug-likeness (QED) is 0.916. The highest BCUT2D eigenvalue weighted by Gasteiger charge is 2.14. The fraction of sp³-hybridized carbons (Fsp3) is 0.273. The van der Waals surface area contributed by atoms with Crippen molar-refractivity contribution in [3.05, 3.63) is 35.0 Å². The molecule has 0 aliphatic carbocycles. The van der Waals surface area contributed by atoms with Gasteiger partial charge in [0.2, 0.25) is 0 Å². The molecule has 2 aromatic heterocycles. The third-order valence-corrected chi connectivity index (χ3v) is 2.69. The predicted molar refractivity (Wildman–Crippen MR) is 67.6 cm³/mol. The van der Waals surface area contributed by atoms with Crippen LogP contribution >= 0.6 is 11.6 Å². The molecule has 1 N–H and O–H groups in total. The molecule has 0 bridgehead atoms. The topological polar surface area (TPSA) is 72.7 Å². The molecule has 2 aromatic rings. The van der Waals surface area contributed by atoms with Crippen molar-refractivity contribution in [2.24, 2.45) is 7.05 Å². The maximum absolute atomic E-state index is 12.0. The van der Waals surface area contributed by atoms with E-state index in [4.69, 9.17) is 11.6 Å². The van der Waals surface area contributed by atoms with E-state index in [1.807, 2.05) is 6.92 Å². The smallest absolute Gasteiger partial charge is 0.275 e. The van der Waals surface area contributed by atoms with Gasteiger partial charge in [0.1, 0.15) is 5.69 Å². The Morgan fingerprint density at radius 1 is 1.44 bits per heavy atom. The molecule has 0 saturated carbocycles. The molecule has 2 heterocycles. The minimum absolute atomic E-state index is 0.156. The number of anilines is 1. The van der Waals surface area contributed by atoms with Crippen LogP contribution in [0.4, 0.5) is 5.82 Å². The van der Waals surface area contributed by atoms with Crippen LogP contribution in [-0.4, -0.2) is 25.7 Å². The second kappa shape index (κ2) is 5.14. The van der Waals surface area contributed by atoms with Crippen molar-refractivity contribution in [3.8, 4) is 0 Å². The zero-order valence-electron chi connectivity index (χ0n) is 10.0. The van der Waals surface area contributed by atoms with E-state index in [9.17, 15) is 4.79 Å². The van der Waals surface area contributed by atoms with E-state index in [0.29, 0.717) is 5.69 Å². The van der Waals surface area contributed by atoms with Crippen LogP contribution in [0.5, 0.6) is 0 Å². The first-order valence-corrected chi connectivity index (χ1v) is 5.80. The number of aryl methyl sites for hydroxylation is 2. The summed E-state index contributed by atoms with van der Waals surface area (Å²) < 4.78 is 1.53.